The number of halogens is 1. The summed E-state index contributed by atoms with van der Waals surface area (Å²) in [5.74, 6) is -0.0748. The third-order valence-corrected chi connectivity index (χ3v) is 5.36. The summed E-state index contributed by atoms with van der Waals surface area (Å²) in [5, 5.41) is 6.53. The molecule has 0 saturated carbocycles. The Hall–Kier alpha value is -1.69. The average molecular weight is 349 g/mol. The molecular formula is C16H13ClN2OS2. The Labute approximate surface area is 141 Å². The van der Waals surface area contributed by atoms with E-state index in [9.17, 15) is 4.79 Å². The van der Waals surface area contributed by atoms with E-state index in [1.807, 2.05) is 41.8 Å². The zero-order valence-corrected chi connectivity index (χ0v) is 14.0. The van der Waals surface area contributed by atoms with Crippen LogP contribution in [0.4, 0.5) is 0 Å². The van der Waals surface area contributed by atoms with Crippen LogP contribution in [0.25, 0.3) is 9.88 Å². The zero-order chi connectivity index (χ0) is 15.4. The zero-order valence-electron chi connectivity index (χ0n) is 11.6. The summed E-state index contributed by atoms with van der Waals surface area (Å²) in [6, 6.07) is 11.6. The quantitative estimate of drug-likeness (QED) is 0.737. The normalized spacial score (nSPS) is 10.6. The van der Waals surface area contributed by atoms with Gasteiger partial charge in [-0.3, -0.25) is 4.79 Å². The van der Waals surface area contributed by atoms with Gasteiger partial charge in [0, 0.05) is 11.6 Å². The number of carbonyl (C=O) groups is 1. The van der Waals surface area contributed by atoms with Crippen molar-refractivity contribution in [1.82, 2.24) is 10.3 Å². The minimum Gasteiger partial charge on any atom is -0.351 e. The molecule has 3 rings (SSSR count). The highest BCUT2D eigenvalue weighted by Crippen LogP contribution is 2.28. The van der Waals surface area contributed by atoms with Crippen LogP contribution in [0, 0.1) is 0 Å². The highest BCUT2D eigenvalue weighted by atomic mass is 35.5. The van der Waals surface area contributed by atoms with Gasteiger partial charge in [0.15, 0.2) is 0 Å². The molecule has 2 heterocycles. The third kappa shape index (κ3) is 3.74. The molecule has 0 bridgehead atoms. The molecule has 3 aromatic rings. The fraction of sp³-hybridized carbons (Fsp3) is 0.125. The number of hydrogen-bond acceptors (Lipinski definition) is 4. The van der Waals surface area contributed by atoms with Crippen molar-refractivity contribution >= 4 is 40.2 Å². The van der Waals surface area contributed by atoms with E-state index in [0.29, 0.717) is 11.4 Å². The van der Waals surface area contributed by atoms with Crippen molar-refractivity contribution in [2.24, 2.45) is 0 Å². The molecular weight excluding hydrogens is 336 g/mol. The van der Waals surface area contributed by atoms with Gasteiger partial charge < -0.3 is 5.32 Å². The Morgan fingerprint density at radius 1 is 1.23 bits per heavy atom. The van der Waals surface area contributed by atoms with E-state index in [1.165, 1.54) is 11.3 Å². The van der Waals surface area contributed by atoms with E-state index in [2.05, 4.69) is 10.3 Å². The maximum atomic E-state index is 12.1. The van der Waals surface area contributed by atoms with Crippen molar-refractivity contribution in [3.63, 3.8) is 0 Å². The molecule has 22 heavy (non-hydrogen) atoms. The van der Waals surface area contributed by atoms with Gasteiger partial charge in [-0.2, -0.15) is 0 Å². The summed E-state index contributed by atoms with van der Waals surface area (Å²) in [4.78, 5) is 18.1. The Kier molecular flexibility index (Phi) is 4.87. The predicted octanol–water partition coefficient (Wildman–Crippen LogP) is 4.50. The van der Waals surface area contributed by atoms with E-state index in [4.69, 9.17) is 11.6 Å². The summed E-state index contributed by atoms with van der Waals surface area (Å²) in [6.45, 7) is 0.590. The van der Waals surface area contributed by atoms with E-state index < -0.39 is 0 Å². The number of carbonyl (C=O) groups excluding carboxylic acids is 1. The molecule has 0 aliphatic heterocycles. The first kappa shape index (κ1) is 15.2. The maximum absolute atomic E-state index is 12.1. The van der Waals surface area contributed by atoms with Crippen molar-refractivity contribution < 1.29 is 4.79 Å². The number of hydrogen-bond donors (Lipinski definition) is 1. The van der Waals surface area contributed by atoms with Gasteiger partial charge in [-0.1, -0.05) is 29.8 Å². The standard InChI is InChI=1S/C16H13ClN2OS2/c17-12-5-3-11(4-6-12)7-8-18-15(20)14-10-19-16(22-14)13-2-1-9-21-13/h1-6,9-10H,7-8H2,(H,18,20). The molecule has 0 aliphatic rings. The first-order valence-electron chi connectivity index (χ1n) is 6.75. The van der Waals surface area contributed by atoms with Crippen LogP contribution >= 0.6 is 34.3 Å². The topological polar surface area (TPSA) is 42.0 Å². The third-order valence-electron chi connectivity index (χ3n) is 3.07. The molecule has 1 aromatic carbocycles. The smallest absolute Gasteiger partial charge is 0.263 e. The Balaban J connectivity index is 1.55. The maximum Gasteiger partial charge on any atom is 0.263 e. The Morgan fingerprint density at radius 2 is 2.05 bits per heavy atom. The predicted molar refractivity (Wildman–Crippen MR) is 92.9 cm³/mol. The second kappa shape index (κ2) is 7.05. The number of benzene rings is 1. The van der Waals surface area contributed by atoms with Gasteiger partial charge in [-0.05, 0) is 35.6 Å². The van der Waals surface area contributed by atoms with E-state index in [-0.39, 0.29) is 5.91 Å². The summed E-state index contributed by atoms with van der Waals surface area (Å²) < 4.78 is 0. The van der Waals surface area contributed by atoms with Crippen LogP contribution in [-0.4, -0.2) is 17.4 Å². The molecule has 3 nitrogen and oxygen atoms in total. The van der Waals surface area contributed by atoms with Crippen molar-refractivity contribution in [3.05, 3.63) is 63.4 Å². The lowest BCUT2D eigenvalue weighted by molar-refractivity contribution is 0.0958. The van der Waals surface area contributed by atoms with Crippen molar-refractivity contribution in [2.45, 2.75) is 6.42 Å². The van der Waals surface area contributed by atoms with Crippen molar-refractivity contribution in [3.8, 4) is 9.88 Å². The Bertz CT molecular complexity index is 751. The number of thiophene rings is 1. The van der Waals surface area contributed by atoms with Gasteiger partial charge in [0.25, 0.3) is 5.91 Å². The number of amides is 1. The lowest BCUT2D eigenvalue weighted by atomic mass is 10.1. The summed E-state index contributed by atoms with van der Waals surface area (Å²) in [7, 11) is 0. The number of nitrogens with zero attached hydrogens (tertiary/aromatic N) is 1. The van der Waals surface area contributed by atoms with Crippen LogP contribution in [0.1, 0.15) is 15.2 Å². The van der Waals surface area contributed by atoms with Crippen molar-refractivity contribution in [2.75, 3.05) is 6.54 Å². The van der Waals surface area contributed by atoms with Gasteiger partial charge >= 0.3 is 0 Å². The fourth-order valence-corrected chi connectivity index (χ4v) is 3.71. The average Bonchev–Trinajstić information content (AvgIpc) is 3.20. The monoisotopic (exact) mass is 348 g/mol. The SMILES string of the molecule is O=C(NCCc1ccc(Cl)cc1)c1cnc(-c2cccs2)s1. The molecule has 0 atom stereocenters. The lowest BCUT2D eigenvalue weighted by Gasteiger charge is -2.03. The lowest BCUT2D eigenvalue weighted by Crippen LogP contribution is -2.24. The van der Waals surface area contributed by atoms with Crippen molar-refractivity contribution in [1.29, 1.82) is 0 Å². The van der Waals surface area contributed by atoms with E-state index in [1.54, 1.807) is 17.5 Å². The fourth-order valence-electron chi connectivity index (χ4n) is 1.95. The first-order valence-corrected chi connectivity index (χ1v) is 8.82. The number of thiazole rings is 1. The molecule has 0 fully saturated rings. The van der Waals surface area contributed by atoms with Gasteiger partial charge in [0.2, 0.25) is 0 Å². The van der Waals surface area contributed by atoms with Crippen LogP contribution in [0.15, 0.2) is 48.0 Å². The molecule has 6 heteroatoms. The summed E-state index contributed by atoms with van der Waals surface area (Å²) >= 11 is 8.89. The van der Waals surface area contributed by atoms with Gasteiger partial charge in [-0.15, -0.1) is 22.7 Å². The van der Waals surface area contributed by atoms with Gasteiger partial charge in [0.05, 0.1) is 11.1 Å². The first-order chi connectivity index (χ1) is 10.7. The largest absolute Gasteiger partial charge is 0.351 e. The van der Waals surface area contributed by atoms with Crippen LogP contribution in [0.3, 0.4) is 0 Å². The number of aromatic nitrogens is 1. The molecule has 0 unspecified atom stereocenters. The summed E-state index contributed by atoms with van der Waals surface area (Å²) in [5.41, 5.74) is 1.15. The van der Waals surface area contributed by atoms with E-state index in [0.717, 1.165) is 26.9 Å². The molecule has 0 spiro atoms. The second-order valence-electron chi connectivity index (χ2n) is 4.64. The number of nitrogens with one attached hydrogen (secondary N) is 1. The Morgan fingerprint density at radius 3 is 2.77 bits per heavy atom. The minimum absolute atomic E-state index is 0.0748. The van der Waals surface area contributed by atoms with Gasteiger partial charge in [0.1, 0.15) is 9.88 Å². The summed E-state index contributed by atoms with van der Waals surface area (Å²) in [6.07, 6.45) is 2.41. The number of rotatable bonds is 5. The highest BCUT2D eigenvalue weighted by Gasteiger charge is 2.11. The van der Waals surface area contributed by atoms with Gasteiger partial charge in [-0.25, -0.2) is 4.98 Å². The minimum atomic E-state index is -0.0748. The van der Waals surface area contributed by atoms with E-state index >= 15 is 0 Å². The molecule has 1 N–H and O–H groups in total. The van der Waals surface area contributed by atoms with Crippen LogP contribution in [0.5, 0.6) is 0 Å². The molecule has 1 amide bonds. The molecule has 0 aliphatic carbocycles. The highest BCUT2D eigenvalue weighted by molar-refractivity contribution is 7.21. The molecule has 2 aromatic heterocycles. The molecule has 0 saturated heterocycles. The van der Waals surface area contributed by atoms with Crippen LogP contribution < -0.4 is 5.32 Å². The molecule has 0 radical (unpaired) electrons. The van der Waals surface area contributed by atoms with Crippen LogP contribution in [0.2, 0.25) is 5.02 Å². The second-order valence-corrected chi connectivity index (χ2v) is 7.05. The molecule has 112 valence electrons. The van der Waals surface area contributed by atoms with Crippen LogP contribution in [-0.2, 0) is 6.42 Å².